The van der Waals surface area contributed by atoms with Gasteiger partial charge >= 0.3 is 0 Å². The van der Waals surface area contributed by atoms with Gasteiger partial charge in [0.25, 0.3) is 0 Å². The molecule has 1 fully saturated rings. The summed E-state index contributed by atoms with van der Waals surface area (Å²) < 4.78 is 1.99. The summed E-state index contributed by atoms with van der Waals surface area (Å²) in [5.41, 5.74) is 3.49. The topological polar surface area (TPSA) is 69.8 Å². The molecule has 4 rings (SSSR count). The Labute approximate surface area is 191 Å². The number of hydrogen-bond acceptors (Lipinski definition) is 4. The average Bonchev–Trinajstić information content (AvgIpc) is 3.25. The van der Waals surface area contributed by atoms with Crippen molar-refractivity contribution in [1.82, 2.24) is 30.1 Å². The zero-order valence-corrected chi connectivity index (χ0v) is 19.3. The normalized spacial score (nSPS) is 15.4. The number of benzene rings is 1. The quantitative estimate of drug-likeness (QED) is 0.418. The van der Waals surface area contributed by atoms with E-state index in [1.54, 1.807) is 0 Å². The first-order valence-corrected chi connectivity index (χ1v) is 11.8. The van der Waals surface area contributed by atoms with Gasteiger partial charge in [-0.25, -0.2) is 4.99 Å². The van der Waals surface area contributed by atoms with Gasteiger partial charge in [0.05, 0.1) is 13.1 Å². The van der Waals surface area contributed by atoms with Crippen LogP contribution >= 0.6 is 0 Å². The second kappa shape index (κ2) is 11.1. The Kier molecular flexibility index (Phi) is 7.72. The highest BCUT2D eigenvalue weighted by atomic mass is 15.3. The van der Waals surface area contributed by atoms with E-state index in [1.807, 2.05) is 28.8 Å². The van der Waals surface area contributed by atoms with Crippen LogP contribution in [0.5, 0.6) is 0 Å². The van der Waals surface area contributed by atoms with Crippen LogP contribution < -0.4 is 10.6 Å². The fraction of sp³-hybridized carbons (Fsp3) is 0.480. The molecule has 0 saturated heterocycles. The van der Waals surface area contributed by atoms with Gasteiger partial charge in [0, 0.05) is 25.3 Å². The minimum absolute atomic E-state index is 0.559. The van der Waals surface area contributed by atoms with Gasteiger partial charge in [-0.05, 0) is 50.1 Å². The summed E-state index contributed by atoms with van der Waals surface area (Å²) in [4.78, 5) is 7.39. The van der Waals surface area contributed by atoms with Crippen molar-refractivity contribution in [2.24, 2.45) is 4.99 Å². The number of hydrogen-bond donors (Lipinski definition) is 2. The summed E-state index contributed by atoms with van der Waals surface area (Å²) in [6.07, 6.45) is 8.74. The van der Waals surface area contributed by atoms with Gasteiger partial charge in [0.2, 0.25) is 0 Å². The van der Waals surface area contributed by atoms with Gasteiger partial charge in [-0.15, -0.1) is 10.2 Å². The number of nitrogens with one attached hydrogen (secondary N) is 2. The largest absolute Gasteiger partial charge is 0.357 e. The maximum Gasteiger partial charge on any atom is 0.191 e. The standard InChI is InChI=1S/C25H35N7/c1-3-26-25(28-18-24-30-29-23-15-9-10-16-32(23)24)27-17-20-11-7-8-12-21(20)19-31(2)22-13-5-4-6-14-22/h7-12,15-16,22H,3-6,13-14,17-19H2,1-2H3,(H2,26,27,28). The fourth-order valence-corrected chi connectivity index (χ4v) is 4.47. The van der Waals surface area contributed by atoms with E-state index < -0.39 is 0 Å². The Morgan fingerprint density at radius 3 is 2.62 bits per heavy atom. The zero-order chi connectivity index (χ0) is 22.2. The first-order valence-electron chi connectivity index (χ1n) is 11.8. The molecule has 0 amide bonds. The molecule has 32 heavy (non-hydrogen) atoms. The first kappa shape index (κ1) is 22.3. The lowest BCUT2D eigenvalue weighted by atomic mass is 9.94. The van der Waals surface area contributed by atoms with E-state index in [0.717, 1.165) is 30.5 Å². The van der Waals surface area contributed by atoms with E-state index in [-0.39, 0.29) is 0 Å². The molecule has 0 unspecified atom stereocenters. The average molecular weight is 434 g/mol. The molecule has 1 aromatic carbocycles. The molecule has 170 valence electrons. The van der Waals surface area contributed by atoms with E-state index in [4.69, 9.17) is 4.99 Å². The second-order valence-electron chi connectivity index (χ2n) is 8.57. The molecule has 2 N–H and O–H groups in total. The molecule has 1 aliphatic carbocycles. The lowest BCUT2D eigenvalue weighted by Gasteiger charge is -2.31. The van der Waals surface area contributed by atoms with Crippen LogP contribution in [-0.4, -0.2) is 45.1 Å². The Bertz CT molecular complexity index is 1020. The van der Waals surface area contributed by atoms with Crippen molar-refractivity contribution in [2.75, 3.05) is 13.6 Å². The molecule has 0 bridgehead atoms. The summed E-state index contributed by atoms with van der Waals surface area (Å²) in [6.45, 7) is 5.06. The highest BCUT2D eigenvalue weighted by molar-refractivity contribution is 5.79. The minimum Gasteiger partial charge on any atom is -0.357 e. The third-order valence-corrected chi connectivity index (χ3v) is 6.29. The Balaban J connectivity index is 1.41. The lowest BCUT2D eigenvalue weighted by molar-refractivity contribution is 0.184. The molecule has 7 heteroatoms. The third kappa shape index (κ3) is 5.65. The van der Waals surface area contributed by atoms with Crippen LogP contribution in [0.1, 0.15) is 56.0 Å². The highest BCUT2D eigenvalue weighted by Crippen LogP contribution is 2.23. The fourth-order valence-electron chi connectivity index (χ4n) is 4.47. The monoisotopic (exact) mass is 433 g/mol. The predicted molar refractivity (Wildman–Crippen MR) is 129 cm³/mol. The van der Waals surface area contributed by atoms with Crippen LogP contribution in [0.3, 0.4) is 0 Å². The van der Waals surface area contributed by atoms with Crippen molar-refractivity contribution in [3.8, 4) is 0 Å². The molecule has 7 nitrogen and oxygen atoms in total. The van der Waals surface area contributed by atoms with Crippen molar-refractivity contribution in [2.45, 2.75) is 64.7 Å². The van der Waals surface area contributed by atoms with Crippen LogP contribution in [-0.2, 0) is 19.6 Å². The number of aromatic nitrogens is 3. The maximum atomic E-state index is 4.86. The van der Waals surface area contributed by atoms with Gasteiger partial charge in [-0.2, -0.15) is 0 Å². The third-order valence-electron chi connectivity index (χ3n) is 6.29. The van der Waals surface area contributed by atoms with Crippen LogP contribution in [0.4, 0.5) is 0 Å². The Morgan fingerprint density at radius 1 is 1.03 bits per heavy atom. The number of guanidine groups is 1. The molecule has 0 radical (unpaired) electrons. The molecule has 2 aromatic heterocycles. The van der Waals surface area contributed by atoms with Gasteiger partial charge in [0.1, 0.15) is 0 Å². The van der Waals surface area contributed by atoms with Gasteiger partial charge < -0.3 is 10.6 Å². The van der Waals surface area contributed by atoms with Crippen LogP contribution in [0, 0.1) is 0 Å². The number of pyridine rings is 1. The lowest BCUT2D eigenvalue weighted by Crippen LogP contribution is -2.37. The van der Waals surface area contributed by atoms with E-state index in [1.165, 1.54) is 43.2 Å². The van der Waals surface area contributed by atoms with Crippen LogP contribution in [0.2, 0.25) is 0 Å². The van der Waals surface area contributed by atoms with Crippen LogP contribution in [0.25, 0.3) is 5.65 Å². The van der Waals surface area contributed by atoms with Crippen molar-refractivity contribution in [3.05, 3.63) is 65.6 Å². The SMILES string of the molecule is CCNC(=NCc1ccccc1CN(C)C1CCCCC1)NCc1nnc2ccccn12. The van der Waals surface area contributed by atoms with E-state index >= 15 is 0 Å². The second-order valence-corrected chi connectivity index (χ2v) is 8.57. The molecular formula is C25H35N7. The van der Waals surface area contributed by atoms with E-state index in [0.29, 0.717) is 19.1 Å². The summed E-state index contributed by atoms with van der Waals surface area (Å²) in [7, 11) is 2.27. The van der Waals surface area contributed by atoms with E-state index in [2.05, 4.69) is 64.0 Å². The summed E-state index contributed by atoms with van der Waals surface area (Å²) in [5.74, 6) is 1.65. The summed E-state index contributed by atoms with van der Waals surface area (Å²) in [5, 5.41) is 15.3. The molecule has 0 aliphatic heterocycles. The van der Waals surface area contributed by atoms with Crippen LogP contribution in [0.15, 0.2) is 53.7 Å². The van der Waals surface area contributed by atoms with E-state index in [9.17, 15) is 0 Å². The molecule has 0 atom stereocenters. The molecule has 0 spiro atoms. The van der Waals surface area contributed by atoms with Gasteiger partial charge in [-0.1, -0.05) is 49.6 Å². The highest BCUT2D eigenvalue weighted by Gasteiger charge is 2.18. The minimum atomic E-state index is 0.559. The molecule has 1 saturated carbocycles. The van der Waals surface area contributed by atoms with Crippen molar-refractivity contribution in [1.29, 1.82) is 0 Å². The predicted octanol–water partition coefficient (Wildman–Crippen LogP) is 3.75. The Hall–Kier alpha value is -2.93. The van der Waals surface area contributed by atoms with Gasteiger partial charge in [-0.3, -0.25) is 9.30 Å². The van der Waals surface area contributed by atoms with Crippen molar-refractivity contribution < 1.29 is 0 Å². The molecule has 1 aliphatic rings. The van der Waals surface area contributed by atoms with Gasteiger partial charge in [0.15, 0.2) is 17.4 Å². The smallest absolute Gasteiger partial charge is 0.191 e. The molecule has 3 aromatic rings. The zero-order valence-electron chi connectivity index (χ0n) is 19.3. The number of aliphatic imine (C=N–C) groups is 1. The number of fused-ring (bicyclic) bond motifs is 1. The first-order chi connectivity index (χ1) is 15.7. The Morgan fingerprint density at radius 2 is 1.81 bits per heavy atom. The summed E-state index contributed by atoms with van der Waals surface area (Å²) >= 11 is 0. The number of nitrogens with zero attached hydrogens (tertiary/aromatic N) is 5. The van der Waals surface area contributed by atoms with Crippen molar-refractivity contribution >= 4 is 11.6 Å². The van der Waals surface area contributed by atoms with Crippen molar-refractivity contribution in [3.63, 3.8) is 0 Å². The maximum absolute atomic E-state index is 4.86. The number of rotatable bonds is 8. The molecule has 2 heterocycles. The molecular weight excluding hydrogens is 398 g/mol. The summed E-state index contributed by atoms with van der Waals surface area (Å²) in [6, 6.07) is 15.3.